The van der Waals surface area contributed by atoms with E-state index in [1.165, 1.54) is 0 Å². The summed E-state index contributed by atoms with van der Waals surface area (Å²) in [5.41, 5.74) is 9.12. The summed E-state index contributed by atoms with van der Waals surface area (Å²) in [6.45, 7) is 0.556. The van der Waals surface area contributed by atoms with Gasteiger partial charge >= 0.3 is 0 Å². The highest BCUT2D eigenvalue weighted by Crippen LogP contribution is 2.24. The van der Waals surface area contributed by atoms with Gasteiger partial charge in [-0.1, -0.05) is 12.1 Å². The van der Waals surface area contributed by atoms with Crippen LogP contribution in [-0.2, 0) is 6.54 Å². The average molecular weight is 289 g/mol. The minimum absolute atomic E-state index is 0. The van der Waals surface area contributed by atoms with Crippen LogP contribution in [0.2, 0.25) is 0 Å². The second-order valence-corrected chi connectivity index (χ2v) is 4.48. The molecule has 3 nitrogen and oxygen atoms in total. The first kappa shape index (κ1) is 14.4. The summed E-state index contributed by atoms with van der Waals surface area (Å²) in [5.74, 6) is 0.876. The van der Waals surface area contributed by atoms with E-state index in [1.54, 1.807) is 7.11 Å². The number of ether oxygens (including phenoxy) is 1. The summed E-state index contributed by atoms with van der Waals surface area (Å²) in [4.78, 5) is 0. The van der Waals surface area contributed by atoms with Gasteiger partial charge in [0.25, 0.3) is 0 Å². The molecule has 0 aliphatic heterocycles. The predicted octanol–water partition coefficient (Wildman–Crippen LogP) is 3.52. The van der Waals surface area contributed by atoms with E-state index in [1.807, 2.05) is 24.3 Å². The highest BCUT2D eigenvalue weighted by atomic mass is 35.5. The van der Waals surface area contributed by atoms with Crippen LogP contribution in [-0.4, -0.2) is 11.7 Å². The monoisotopic (exact) mass is 288 g/mol. The number of rotatable bonds is 3. The molecule has 0 bridgehead atoms. The maximum atomic E-state index is 5.70. The van der Waals surface area contributed by atoms with Gasteiger partial charge in [0, 0.05) is 23.8 Å². The van der Waals surface area contributed by atoms with Gasteiger partial charge in [-0.2, -0.15) is 0 Å². The number of hydrogen-bond acceptors (Lipinski definition) is 2. The third-order valence-corrected chi connectivity index (χ3v) is 3.32. The van der Waals surface area contributed by atoms with Crippen molar-refractivity contribution < 1.29 is 4.74 Å². The van der Waals surface area contributed by atoms with Gasteiger partial charge in [0.05, 0.1) is 12.6 Å². The maximum Gasteiger partial charge on any atom is 0.119 e. The minimum Gasteiger partial charge on any atom is -0.497 e. The number of benzene rings is 2. The lowest BCUT2D eigenvalue weighted by Crippen LogP contribution is -1.98. The summed E-state index contributed by atoms with van der Waals surface area (Å²) in [6, 6.07) is 16.5. The van der Waals surface area contributed by atoms with Crippen molar-refractivity contribution in [2.45, 2.75) is 6.54 Å². The van der Waals surface area contributed by atoms with Crippen molar-refractivity contribution in [3.63, 3.8) is 0 Å². The summed E-state index contributed by atoms with van der Waals surface area (Å²) < 4.78 is 7.41. The number of methoxy groups -OCH3 is 1. The van der Waals surface area contributed by atoms with Crippen molar-refractivity contribution in [2.75, 3.05) is 7.11 Å². The Hall–Kier alpha value is -1.97. The number of fused-ring (bicyclic) bond motifs is 1. The highest BCUT2D eigenvalue weighted by Gasteiger charge is 2.04. The van der Waals surface area contributed by atoms with Crippen LogP contribution in [0.25, 0.3) is 16.6 Å². The first-order valence-electron chi connectivity index (χ1n) is 6.26. The van der Waals surface area contributed by atoms with E-state index in [4.69, 9.17) is 10.5 Å². The van der Waals surface area contributed by atoms with E-state index in [9.17, 15) is 0 Å². The second kappa shape index (κ2) is 5.99. The van der Waals surface area contributed by atoms with E-state index in [2.05, 4.69) is 35.0 Å². The van der Waals surface area contributed by atoms with Crippen molar-refractivity contribution in [1.82, 2.24) is 4.57 Å². The molecular formula is C16H17ClN2O. The van der Waals surface area contributed by atoms with Crippen molar-refractivity contribution in [3.8, 4) is 11.4 Å². The van der Waals surface area contributed by atoms with Crippen LogP contribution < -0.4 is 10.5 Å². The van der Waals surface area contributed by atoms with Crippen LogP contribution in [0, 0.1) is 0 Å². The molecule has 0 fully saturated rings. The molecule has 3 aromatic rings. The van der Waals surface area contributed by atoms with Crippen molar-refractivity contribution in [2.24, 2.45) is 5.73 Å². The predicted molar refractivity (Wildman–Crippen MR) is 85.0 cm³/mol. The van der Waals surface area contributed by atoms with E-state index in [-0.39, 0.29) is 12.4 Å². The number of nitrogens with zero attached hydrogens (tertiary/aromatic N) is 1. The quantitative estimate of drug-likeness (QED) is 0.801. The van der Waals surface area contributed by atoms with Gasteiger partial charge in [-0.15, -0.1) is 12.4 Å². The second-order valence-electron chi connectivity index (χ2n) is 4.48. The third kappa shape index (κ3) is 2.50. The molecule has 2 N–H and O–H groups in total. The molecule has 0 unspecified atom stereocenters. The molecule has 20 heavy (non-hydrogen) atoms. The molecule has 3 rings (SSSR count). The fraction of sp³-hybridized carbons (Fsp3) is 0.125. The molecule has 0 atom stereocenters. The first-order valence-corrected chi connectivity index (χ1v) is 6.26. The Morgan fingerprint density at radius 3 is 2.70 bits per heavy atom. The molecular weight excluding hydrogens is 272 g/mol. The summed E-state index contributed by atoms with van der Waals surface area (Å²) in [5, 5.41) is 1.16. The zero-order chi connectivity index (χ0) is 13.2. The van der Waals surface area contributed by atoms with E-state index in [0.717, 1.165) is 27.9 Å². The molecule has 1 aromatic heterocycles. The Labute approximate surface area is 124 Å². The Kier molecular flexibility index (Phi) is 4.32. The molecule has 4 heteroatoms. The van der Waals surface area contributed by atoms with E-state index in [0.29, 0.717) is 6.54 Å². The lowest BCUT2D eigenvalue weighted by molar-refractivity contribution is 0.415. The fourth-order valence-corrected chi connectivity index (χ4v) is 2.31. The van der Waals surface area contributed by atoms with Crippen LogP contribution in [0.5, 0.6) is 5.75 Å². The molecule has 1 heterocycles. The zero-order valence-electron chi connectivity index (χ0n) is 11.2. The summed E-state index contributed by atoms with van der Waals surface area (Å²) >= 11 is 0. The summed E-state index contributed by atoms with van der Waals surface area (Å²) in [7, 11) is 1.68. The Morgan fingerprint density at radius 1 is 1.10 bits per heavy atom. The van der Waals surface area contributed by atoms with Crippen LogP contribution in [0.1, 0.15) is 5.56 Å². The van der Waals surface area contributed by atoms with E-state index >= 15 is 0 Å². The van der Waals surface area contributed by atoms with Gasteiger partial charge in [-0.25, -0.2) is 0 Å². The molecule has 0 amide bonds. The Bertz CT molecular complexity index is 721. The van der Waals surface area contributed by atoms with Gasteiger partial charge in [0.1, 0.15) is 5.75 Å². The third-order valence-electron chi connectivity index (χ3n) is 3.32. The van der Waals surface area contributed by atoms with Crippen LogP contribution >= 0.6 is 12.4 Å². The van der Waals surface area contributed by atoms with Crippen molar-refractivity contribution in [3.05, 3.63) is 60.3 Å². The maximum absolute atomic E-state index is 5.70. The van der Waals surface area contributed by atoms with Gasteiger partial charge in [0.15, 0.2) is 0 Å². The Morgan fingerprint density at radius 2 is 1.95 bits per heavy atom. The molecule has 104 valence electrons. The van der Waals surface area contributed by atoms with Crippen molar-refractivity contribution >= 4 is 23.3 Å². The smallest absolute Gasteiger partial charge is 0.119 e. The largest absolute Gasteiger partial charge is 0.497 e. The van der Waals surface area contributed by atoms with Crippen LogP contribution in [0.3, 0.4) is 0 Å². The molecule has 0 radical (unpaired) electrons. The van der Waals surface area contributed by atoms with Gasteiger partial charge in [-0.3, -0.25) is 0 Å². The molecule has 0 saturated heterocycles. The minimum atomic E-state index is 0. The summed E-state index contributed by atoms with van der Waals surface area (Å²) in [6.07, 6.45) is 2.07. The van der Waals surface area contributed by atoms with Gasteiger partial charge in [-0.05, 0) is 42.0 Å². The fourth-order valence-electron chi connectivity index (χ4n) is 2.31. The topological polar surface area (TPSA) is 40.2 Å². The molecule has 0 aliphatic rings. The lowest BCUT2D eigenvalue weighted by Gasteiger charge is -2.08. The molecule has 2 aromatic carbocycles. The van der Waals surface area contributed by atoms with Crippen molar-refractivity contribution in [1.29, 1.82) is 0 Å². The Balaban J connectivity index is 0.00000147. The van der Waals surface area contributed by atoms with Crippen LogP contribution in [0.4, 0.5) is 0 Å². The van der Waals surface area contributed by atoms with Gasteiger partial charge in [0.2, 0.25) is 0 Å². The number of halogens is 1. The lowest BCUT2D eigenvalue weighted by atomic mass is 10.2. The van der Waals surface area contributed by atoms with Gasteiger partial charge < -0.3 is 15.0 Å². The number of nitrogens with two attached hydrogens (primary N) is 1. The number of hydrogen-bond donors (Lipinski definition) is 1. The molecule has 0 spiro atoms. The number of aromatic nitrogens is 1. The average Bonchev–Trinajstić information content (AvgIpc) is 2.90. The molecule has 0 saturated carbocycles. The zero-order valence-corrected chi connectivity index (χ0v) is 12.1. The standard InChI is InChI=1S/C16H16N2O.ClH/c1-19-15-5-6-16-13(10-15)7-8-18(16)14-4-2-3-12(9-14)11-17;/h2-10H,11,17H2,1H3;1H. The first-order chi connectivity index (χ1) is 9.31. The van der Waals surface area contributed by atoms with Crippen LogP contribution in [0.15, 0.2) is 54.7 Å². The van der Waals surface area contributed by atoms with E-state index < -0.39 is 0 Å². The molecule has 0 aliphatic carbocycles. The SMILES string of the molecule is COc1ccc2c(ccn2-c2cccc(CN)c2)c1.Cl. The normalized spacial score (nSPS) is 10.3. The highest BCUT2D eigenvalue weighted by molar-refractivity contribution is 5.85.